The number of carbonyl (C=O) groups is 1. The Morgan fingerprint density at radius 3 is 2.00 bits per heavy atom. The Bertz CT molecular complexity index is 282. The molecule has 1 unspecified atom stereocenters. The number of amides is 1. The van der Waals surface area contributed by atoms with Crippen molar-refractivity contribution >= 4 is 24.4 Å². The topological polar surface area (TPSA) is 56.8 Å². The van der Waals surface area contributed by atoms with Crippen LogP contribution in [0.15, 0.2) is 0 Å². The summed E-state index contributed by atoms with van der Waals surface area (Å²) in [5.41, 5.74) is -0.353. The third-order valence-electron chi connectivity index (χ3n) is 1.96. The summed E-state index contributed by atoms with van der Waals surface area (Å²) in [7, 11) is 4.43. The average molecular weight is 269 g/mol. The van der Waals surface area contributed by atoms with Gasteiger partial charge in [0.2, 0.25) is 6.49 Å². The second kappa shape index (κ2) is 5.96. The summed E-state index contributed by atoms with van der Waals surface area (Å²) < 4.78 is 15.7. The minimum absolute atomic E-state index is 0.353. The number of hydrogen-bond donors (Lipinski definition) is 1. The monoisotopic (exact) mass is 269 g/mol. The van der Waals surface area contributed by atoms with E-state index in [1.165, 1.54) is 21.3 Å². The molecule has 16 heavy (non-hydrogen) atoms. The summed E-state index contributed by atoms with van der Waals surface area (Å²) in [5, 5.41) is 2.39. The Hall–Kier alpha value is -0.160. The van der Waals surface area contributed by atoms with Crippen LogP contribution in [0.25, 0.3) is 0 Å². The number of ether oxygens (including phenoxy) is 1. The fraction of sp³-hybridized carbons (Fsp3) is 0.889. The van der Waals surface area contributed by atoms with Crippen molar-refractivity contribution in [3.05, 3.63) is 0 Å². The molecule has 0 aromatic carbocycles. The van der Waals surface area contributed by atoms with Crippen molar-refractivity contribution < 1.29 is 18.6 Å². The van der Waals surface area contributed by atoms with E-state index in [0.717, 1.165) is 0 Å². The van der Waals surface area contributed by atoms with Crippen LogP contribution in [0.3, 0.4) is 0 Å². The van der Waals surface area contributed by atoms with Crippen LogP contribution in [0.5, 0.6) is 0 Å². The van der Waals surface area contributed by atoms with Gasteiger partial charge in [-0.1, -0.05) is 20.8 Å². The first-order chi connectivity index (χ1) is 7.21. The van der Waals surface area contributed by atoms with Crippen LogP contribution in [0.1, 0.15) is 20.8 Å². The van der Waals surface area contributed by atoms with Crippen LogP contribution in [0.4, 0.5) is 4.79 Å². The van der Waals surface area contributed by atoms with Gasteiger partial charge in [0, 0.05) is 26.7 Å². The molecule has 0 heterocycles. The van der Waals surface area contributed by atoms with Crippen LogP contribution < -0.4 is 5.32 Å². The summed E-state index contributed by atoms with van der Waals surface area (Å²) in [5.74, 6) is -0.593. The number of hydrogen-bond acceptors (Lipinski definition) is 5. The van der Waals surface area contributed by atoms with Crippen LogP contribution in [0, 0.1) is 5.41 Å². The third-order valence-corrected chi connectivity index (χ3v) is 5.90. The van der Waals surface area contributed by atoms with Gasteiger partial charge in [0.05, 0.1) is 0 Å². The molecule has 1 N–H and O–H groups in total. The summed E-state index contributed by atoms with van der Waals surface area (Å²) in [6, 6.07) is 0. The van der Waals surface area contributed by atoms with Gasteiger partial charge >= 0.3 is 6.09 Å². The summed E-state index contributed by atoms with van der Waals surface area (Å²) in [6.07, 6.45) is -0.539. The molecule has 5 nitrogen and oxygen atoms in total. The van der Waals surface area contributed by atoms with Gasteiger partial charge in [0.25, 0.3) is 0 Å². The van der Waals surface area contributed by atoms with Gasteiger partial charge in [-0.25, -0.2) is 4.79 Å². The molecule has 7 heteroatoms. The summed E-state index contributed by atoms with van der Waals surface area (Å²) in [4.78, 5) is 11.3. The number of alkyl carbamates (subject to hydrolysis) is 1. The van der Waals surface area contributed by atoms with E-state index in [2.05, 4.69) is 5.32 Å². The molecule has 0 saturated heterocycles. The average Bonchev–Trinajstić information content (AvgIpc) is 2.22. The lowest BCUT2D eigenvalue weighted by Crippen LogP contribution is -2.35. The molecule has 0 rings (SSSR count). The fourth-order valence-electron chi connectivity index (χ4n) is 1.14. The van der Waals surface area contributed by atoms with E-state index < -0.39 is 18.4 Å². The van der Waals surface area contributed by atoms with Gasteiger partial charge in [-0.05, 0) is 11.8 Å². The second-order valence-corrected chi connectivity index (χ2v) is 8.08. The minimum atomic E-state index is -2.63. The first-order valence-electron chi connectivity index (χ1n) is 4.81. The molecule has 0 aromatic heterocycles. The van der Waals surface area contributed by atoms with E-state index >= 15 is 0 Å². The van der Waals surface area contributed by atoms with Gasteiger partial charge in [-0.15, -0.1) is 0 Å². The van der Waals surface area contributed by atoms with Gasteiger partial charge in [0.15, 0.2) is 5.85 Å². The van der Waals surface area contributed by atoms with Crippen molar-refractivity contribution in [2.24, 2.45) is 5.41 Å². The summed E-state index contributed by atoms with van der Waals surface area (Å²) >= 11 is 5.30. The molecule has 0 spiro atoms. The number of nitrogens with one attached hydrogen (secondary N) is 1. The molecule has 0 fully saturated rings. The largest absolute Gasteiger partial charge is 0.435 e. The maximum atomic E-state index is 11.3. The van der Waals surface area contributed by atoms with E-state index in [-0.39, 0.29) is 5.41 Å². The van der Waals surface area contributed by atoms with Crippen LogP contribution in [-0.4, -0.2) is 33.2 Å². The van der Waals surface area contributed by atoms with Crippen molar-refractivity contribution in [1.29, 1.82) is 0 Å². The van der Waals surface area contributed by atoms with Crippen molar-refractivity contribution in [2.45, 2.75) is 26.6 Å². The zero-order chi connectivity index (χ0) is 13.0. The van der Waals surface area contributed by atoms with Gasteiger partial charge < -0.3 is 19.1 Å². The van der Waals surface area contributed by atoms with Crippen molar-refractivity contribution in [1.82, 2.24) is 5.32 Å². The molecular formula is C9H20NO4PS. The molecule has 1 amide bonds. The van der Waals surface area contributed by atoms with E-state index in [0.29, 0.717) is 0 Å². The fourth-order valence-corrected chi connectivity index (χ4v) is 3.93. The Morgan fingerprint density at radius 2 is 1.75 bits per heavy atom. The maximum Gasteiger partial charge on any atom is 0.407 e. The molecule has 0 aromatic rings. The first-order valence-corrected chi connectivity index (χ1v) is 7.51. The highest BCUT2D eigenvalue weighted by Crippen LogP contribution is 2.58. The molecule has 0 aliphatic carbocycles. The van der Waals surface area contributed by atoms with Crippen LogP contribution in [-0.2, 0) is 25.6 Å². The van der Waals surface area contributed by atoms with Crippen molar-refractivity contribution in [3.8, 4) is 0 Å². The molecule has 0 aliphatic rings. The zero-order valence-electron chi connectivity index (χ0n) is 10.6. The summed E-state index contributed by atoms with van der Waals surface area (Å²) in [6.45, 7) is 3.12. The van der Waals surface area contributed by atoms with Crippen molar-refractivity contribution in [3.63, 3.8) is 0 Å². The predicted molar refractivity (Wildman–Crippen MR) is 67.1 cm³/mol. The predicted octanol–water partition coefficient (Wildman–Crippen LogP) is 2.32. The first kappa shape index (κ1) is 15.8. The minimum Gasteiger partial charge on any atom is -0.435 e. The number of carbonyl (C=O) groups excluding carboxylic acids is 1. The van der Waals surface area contributed by atoms with Crippen LogP contribution in [0.2, 0.25) is 0 Å². The Kier molecular flexibility index (Phi) is 5.90. The van der Waals surface area contributed by atoms with E-state index in [1.54, 1.807) is 0 Å². The molecular weight excluding hydrogens is 249 g/mol. The smallest absolute Gasteiger partial charge is 0.407 e. The quantitative estimate of drug-likeness (QED) is 0.794. The van der Waals surface area contributed by atoms with Crippen molar-refractivity contribution in [2.75, 3.05) is 21.3 Å². The highest BCUT2D eigenvalue weighted by Gasteiger charge is 2.41. The molecule has 96 valence electrons. The SMILES string of the molecule is CNC(=O)OC(C(C)(C)C)P(=S)(OC)OC. The molecule has 0 aliphatic heterocycles. The lowest BCUT2D eigenvalue weighted by Gasteiger charge is -2.36. The van der Waals surface area contributed by atoms with E-state index in [4.69, 9.17) is 25.6 Å². The van der Waals surface area contributed by atoms with Gasteiger partial charge in [0.1, 0.15) is 0 Å². The van der Waals surface area contributed by atoms with E-state index in [9.17, 15) is 4.79 Å². The molecule has 0 bridgehead atoms. The van der Waals surface area contributed by atoms with E-state index in [1.807, 2.05) is 20.8 Å². The zero-order valence-corrected chi connectivity index (χ0v) is 12.3. The molecule has 0 saturated carbocycles. The standard InChI is InChI=1S/C9H20NO4PS/c1-9(2,3)7(14-8(11)10-4)15(16,12-5)13-6/h7H,1-6H3,(H,10,11). The van der Waals surface area contributed by atoms with Gasteiger partial charge in [-0.2, -0.15) is 0 Å². The van der Waals surface area contributed by atoms with Gasteiger partial charge in [-0.3, -0.25) is 0 Å². The Balaban J connectivity index is 5.10. The molecule has 0 radical (unpaired) electrons. The third kappa shape index (κ3) is 4.01. The Morgan fingerprint density at radius 1 is 1.31 bits per heavy atom. The highest BCUT2D eigenvalue weighted by atomic mass is 32.5. The lowest BCUT2D eigenvalue weighted by atomic mass is 9.98. The van der Waals surface area contributed by atoms with Crippen LogP contribution >= 0.6 is 6.49 Å². The second-order valence-electron chi connectivity index (χ2n) is 4.28. The lowest BCUT2D eigenvalue weighted by molar-refractivity contribution is 0.0680. The number of rotatable bonds is 4. The normalized spacial score (nSPS) is 14.4. The molecule has 1 atom stereocenters. The highest BCUT2D eigenvalue weighted by molar-refractivity contribution is 8.10. The maximum absolute atomic E-state index is 11.3. The Labute approximate surface area is 102 Å².